The molecule has 2 heterocycles. The van der Waals surface area contributed by atoms with Crippen LogP contribution in [-0.4, -0.2) is 19.6 Å². The summed E-state index contributed by atoms with van der Waals surface area (Å²) in [5, 5.41) is 3.92. The Hall–Kier alpha value is -1.12. The van der Waals surface area contributed by atoms with Gasteiger partial charge in [0.05, 0.1) is 22.9 Å². The molecule has 0 aliphatic carbocycles. The topological polar surface area (TPSA) is 81.1 Å². The Labute approximate surface area is 95.4 Å². The summed E-state index contributed by atoms with van der Waals surface area (Å²) in [4.78, 5) is 8.00. The lowest BCUT2D eigenvalue weighted by Gasteiger charge is -1.99. The van der Waals surface area contributed by atoms with Crippen LogP contribution in [0.15, 0.2) is 12.4 Å². The minimum Gasteiger partial charge on any atom is -0.366 e. The summed E-state index contributed by atoms with van der Waals surface area (Å²) >= 11 is 1.97. The van der Waals surface area contributed by atoms with E-state index in [1.54, 1.807) is 16.9 Å². The Bertz CT molecular complexity index is 411. The average Bonchev–Trinajstić information content (AvgIpc) is 2.67. The third-order valence-corrected chi connectivity index (χ3v) is 1.87. The minimum atomic E-state index is 0.222. The van der Waals surface area contributed by atoms with E-state index in [0.29, 0.717) is 11.5 Å². The molecule has 0 aliphatic rings. The molecule has 0 aliphatic heterocycles. The van der Waals surface area contributed by atoms with E-state index in [2.05, 4.69) is 18.6 Å². The van der Waals surface area contributed by atoms with Crippen LogP contribution in [0, 0.1) is 0 Å². The van der Waals surface area contributed by atoms with Gasteiger partial charge in [-0.3, -0.25) is 0 Å². The van der Waals surface area contributed by atoms with Crippen molar-refractivity contribution in [1.82, 2.24) is 19.6 Å². The largest absolute Gasteiger partial charge is 0.366 e. The van der Waals surface area contributed by atoms with Crippen molar-refractivity contribution in [3.05, 3.63) is 12.4 Å². The highest BCUT2D eigenvalue weighted by Gasteiger charge is 2.04. The summed E-state index contributed by atoms with van der Waals surface area (Å²) in [6.07, 6.45) is 3.35. The zero-order valence-electron chi connectivity index (χ0n) is 7.90. The van der Waals surface area contributed by atoms with E-state index in [0.717, 1.165) is 0 Å². The maximum Gasteiger partial charge on any atom is 0.240 e. The van der Waals surface area contributed by atoms with Crippen LogP contribution in [0.4, 0.5) is 11.8 Å². The van der Waals surface area contributed by atoms with Gasteiger partial charge < -0.3 is 9.26 Å². The molecular formula is C7H11IN6. The van der Waals surface area contributed by atoms with E-state index in [9.17, 15) is 0 Å². The van der Waals surface area contributed by atoms with E-state index >= 15 is 0 Å². The maximum atomic E-state index is 5.45. The van der Waals surface area contributed by atoms with Crippen molar-refractivity contribution in [2.45, 2.75) is 13.8 Å². The van der Waals surface area contributed by atoms with Crippen molar-refractivity contribution in [2.24, 2.45) is 0 Å². The Morgan fingerprint density at radius 2 is 2.21 bits per heavy atom. The van der Waals surface area contributed by atoms with Gasteiger partial charge in [-0.15, -0.1) is 5.10 Å². The zero-order valence-corrected chi connectivity index (χ0v) is 10.1. The van der Waals surface area contributed by atoms with Crippen molar-refractivity contribution in [3.63, 3.8) is 0 Å². The highest BCUT2D eigenvalue weighted by atomic mass is 127. The number of nitrogen functional groups attached to an aromatic ring is 1. The van der Waals surface area contributed by atoms with E-state index < -0.39 is 0 Å². The molecule has 76 valence electrons. The van der Waals surface area contributed by atoms with E-state index in [-0.39, 0.29) is 5.95 Å². The highest BCUT2D eigenvalue weighted by Crippen LogP contribution is 2.13. The third-order valence-electron chi connectivity index (χ3n) is 1.36. The smallest absolute Gasteiger partial charge is 0.240 e. The van der Waals surface area contributed by atoms with Gasteiger partial charge in [-0.2, -0.15) is 4.98 Å². The highest BCUT2D eigenvalue weighted by molar-refractivity contribution is 14.1. The first-order valence-corrected chi connectivity index (χ1v) is 5.22. The molecule has 0 amide bonds. The Morgan fingerprint density at radius 3 is 2.86 bits per heavy atom. The van der Waals surface area contributed by atoms with Crippen molar-refractivity contribution >= 4 is 40.3 Å². The predicted molar refractivity (Wildman–Crippen MR) is 64.2 cm³/mol. The summed E-state index contributed by atoms with van der Waals surface area (Å²) in [5.41, 5.74) is 6.11. The molecule has 2 rings (SSSR count). The fourth-order valence-electron chi connectivity index (χ4n) is 0.908. The fourth-order valence-corrected chi connectivity index (χ4v) is 1.27. The zero-order chi connectivity index (χ0) is 10.6. The van der Waals surface area contributed by atoms with Crippen LogP contribution >= 0.6 is 22.9 Å². The Kier molecular flexibility index (Phi) is 3.86. The number of imidazole rings is 1. The van der Waals surface area contributed by atoms with E-state index in [1.165, 1.54) is 0 Å². The first kappa shape index (κ1) is 11.0. The van der Waals surface area contributed by atoms with Crippen LogP contribution in [-0.2, 0) is 0 Å². The molecule has 0 aromatic carbocycles. The number of anilines is 2. The molecule has 6 nitrogen and oxygen atoms in total. The summed E-state index contributed by atoms with van der Waals surface area (Å²) in [6, 6.07) is 0. The molecule has 2 aromatic heterocycles. The van der Waals surface area contributed by atoms with Gasteiger partial charge in [0, 0.05) is 12.4 Å². The molecule has 0 atom stereocenters. The molecule has 14 heavy (non-hydrogen) atoms. The van der Waals surface area contributed by atoms with Gasteiger partial charge in [0.25, 0.3) is 0 Å². The lowest BCUT2D eigenvalue weighted by Crippen LogP contribution is -2.03. The second-order valence-corrected chi connectivity index (χ2v) is 2.65. The molecule has 0 fully saturated rings. The molecule has 2 aromatic rings. The Balaban J connectivity index is 0.000000461. The quantitative estimate of drug-likeness (QED) is 0.616. The predicted octanol–water partition coefficient (Wildman–Crippen LogP) is 1.49. The first-order valence-electron chi connectivity index (χ1n) is 4.15. The number of aromatic nitrogens is 4. The number of fused-ring (bicyclic) bond motifs is 1. The standard InChI is InChI=1S/C5H5IN6.C2H6/c6-10-3-4-8-1-2-12(4)11-5(7)9-3;1-2/h1-2H,(H3,7,9,10,11);1-2H3. The second kappa shape index (κ2) is 4.94. The molecular weight excluding hydrogens is 295 g/mol. The normalized spacial score (nSPS) is 9.36. The summed E-state index contributed by atoms with van der Waals surface area (Å²) < 4.78 is 4.43. The molecule has 7 heteroatoms. The van der Waals surface area contributed by atoms with Gasteiger partial charge in [0.2, 0.25) is 5.95 Å². The number of nitrogens with one attached hydrogen (secondary N) is 1. The fraction of sp³-hybridized carbons (Fsp3) is 0.286. The lowest BCUT2D eigenvalue weighted by atomic mass is 10.7. The lowest BCUT2D eigenvalue weighted by molar-refractivity contribution is 0.917. The molecule has 0 bridgehead atoms. The SMILES string of the molecule is CC.Nc1nc(NI)c2nccn2n1. The third kappa shape index (κ3) is 2.03. The number of halogens is 1. The maximum absolute atomic E-state index is 5.45. The van der Waals surface area contributed by atoms with Gasteiger partial charge in [-0.1, -0.05) is 13.8 Å². The van der Waals surface area contributed by atoms with Crippen LogP contribution in [0.1, 0.15) is 13.8 Å². The van der Waals surface area contributed by atoms with Crippen LogP contribution in [0.25, 0.3) is 5.65 Å². The van der Waals surface area contributed by atoms with Crippen LogP contribution in [0.5, 0.6) is 0 Å². The van der Waals surface area contributed by atoms with Gasteiger partial charge in [0.15, 0.2) is 11.5 Å². The first-order chi connectivity index (χ1) is 6.81. The molecule has 0 saturated heterocycles. The number of hydrogen-bond donors (Lipinski definition) is 2. The summed E-state index contributed by atoms with van der Waals surface area (Å²) in [7, 11) is 0. The molecule has 0 spiro atoms. The van der Waals surface area contributed by atoms with E-state index in [1.807, 2.05) is 36.7 Å². The number of hydrogen-bond acceptors (Lipinski definition) is 5. The van der Waals surface area contributed by atoms with Crippen molar-refractivity contribution in [1.29, 1.82) is 0 Å². The average molecular weight is 306 g/mol. The number of nitrogens with two attached hydrogens (primary N) is 1. The van der Waals surface area contributed by atoms with Crippen LogP contribution < -0.4 is 9.26 Å². The van der Waals surface area contributed by atoms with E-state index in [4.69, 9.17) is 5.73 Å². The Morgan fingerprint density at radius 1 is 1.50 bits per heavy atom. The second-order valence-electron chi connectivity index (χ2n) is 2.11. The number of nitrogens with zero attached hydrogens (tertiary/aromatic N) is 4. The molecule has 0 saturated carbocycles. The summed E-state index contributed by atoms with van der Waals surface area (Å²) in [6.45, 7) is 4.00. The monoisotopic (exact) mass is 306 g/mol. The van der Waals surface area contributed by atoms with Gasteiger partial charge in [-0.25, -0.2) is 9.50 Å². The summed E-state index contributed by atoms with van der Waals surface area (Å²) in [5.74, 6) is 0.841. The molecule has 0 unspecified atom stereocenters. The van der Waals surface area contributed by atoms with Crippen LogP contribution in [0.2, 0.25) is 0 Å². The molecule has 0 radical (unpaired) electrons. The van der Waals surface area contributed by atoms with Crippen molar-refractivity contribution in [3.8, 4) is 0 Å². The van der Waals surface area contributed by atoms with Crippen molar-refractivity contribution in [2.75, 3.05) is 9.26 Å². The van der Waals surface area contributed by atoms with Gasteiger partial charge in [0.1, 0.15) is 0 Å². The van der Waals surface area contributed by atoms with Crippen molar-refractivity contribution < 1.29 is 0 Å². The van der Waals surface area contributed by atoms with Crippen LogP contribution in [0.3, 0.4) is 0 Å². The minimum absolute atomic E-state index is 0.222. The number of rotatable bonds is 1. The van der Waals surface area contributed by atoms with Gasteiger partial charge in [-0.05, 0) is 0 Å². The molecule has 3 N–H and O–H groups in total. The van der Waals surface area contributed by atoms with Gasteiger partial charge >= 0.3 is 0 Å².